The largest absolute Gasteiger partial charge is 0.0610 e. The normalized spacial score (nSPS) is 14.3. The van der Waals surface area contributed by atoms with Gasteiger partial charge in [0, 0.05) is 0 Å². The first-order valence-electron chi connectivity index (χ1n) is 8.38. The molecule has 4 aromatic carbocycles. The maximum atomic E-state index is 2.36. The molecule has 0 amide bonds. The van der Waals surface area contributed by atoms with Gasteiger partial charge in [-0.2, -0.15) is 0 Å². The van der Waals surface area contributed by atoms with Crippen molar-refractivity contribution in [2.24, 2.45) is 0 Å². The Morgan fingerprint density at radius 3 is 1.29 bits per heavy atom. The van der Waals surface area contributed by atoms with E-state index in [1.807, 2.05) is 0 Å². The molecule has 0 saturated heterocycles. The highest BCUT2D eigenvalue weighted by molar-refractivity contribution is 6.29. The summed E-state index contributed by atoms with van der Waals surface area (Å²) in [5.74, 6) is 0. The van der Waals surface area contributed by atoms with Gasteiger partial charge in [-0.3, -0.25) is 0 Å². The third-order valence-corrected chi connectivity index (χ3v) is 5.34. The molecule has 2 aliphatic carbocycles. The van der Waals surface area contributed by atoms with Gasteiger partial charge in [-0.05, 0) is 67.1 Å². The van der Waals surface area contributed by atoms with Crippen LogP contribution in [0, 0.1) is 0 Å². The van der Waals surface area contributed by atoms with Crippen LogP contribution in [0.5, 0.6) is 0 Å². The molecule has 0 aromatic heterocycles. The van der Waals surface area contributed by atoms with Crippen molar-refractivity contribution in [2.45, 2.75) is 0 Å². The van der Waals surface area contributed by atoms with E-state index in [-0.39, 0.29) is 0 Å². The second kappa shape index (κ2) is 4.24. The van der Waals surface area contributed by atoms with Crippen LogP contribution in [0.15, 0.2) is 72.8 Å². The number of hydrogen-bond donors (Lipinski definition) is 0. The fraction of sp³-hybridized carbons (Fsp3) is 0. The van der Waals surface area contributed by atoms with E-state index >= 15 is 0 Å². The Morgan fingerprint density at radius 1 is 0.417 bits per heavy atom. The van der Waals surface area contributed by atoms with Gasteiger partial charge in [-0.25, -0.2) is 0 Å². The highest BCUT2D eigenvalue weighted by Gasteiger charge is 2.24. The molecule has 24 heavy (non-hydrogen) atoms. The van der Waals surface area contributed by atoms with E-state index in [2.05, 4.69) is 84.9 Å². The Labute approximate surface area is 140 Å². The van der Waals surface area contributed by atoms with Crippen LogP contribution < -0.4 is 0 Å². The van der Waals surface area contributed by atoms with Gasteiger partial charge < -0.3 is 0 Å². The van der Waals surface area contributed by atoms with Crippen molar-refractivity contribution in [1.82, 2.24) is 0 Å². The molecule has 2 aliphatic rings. The first-order valence-corrected chi connectivity index (χ1v) is 8.38. The van der Waals surface area contributed by atoms with Crippen LogP contribution in [0.4, 0.5) is 0 Å². The molecular formula is C24H14. The molecule has 0 saturated carbocycles. The van der Waals surface area contributed by atoms with Crippen molar-refractivity contribution in [3.63, 3.8) is 0 Å². The molecule has 0 aliphatic heterocycles. The molecule has 0 radical (unpaired) electrons. The number of hydrogen-bond acceptors (Lipinski definition) is 0. The number of benzene rings is 4. The zero-order chi connectivity index (χ0) is 15.7. The number of allylic oxidation sites excluding steroid dienone is 2. The first kappa shape index (κ1) is 12.3. The SMILES string of the molecule is C1=C(C2=Cc3cccc4cccc2c34)c2cccc3cccc1c23. The zero-order valence-corrected chi connectivity index (χ0v) is 13.1. The Morgan fingerprint density at radius 2 is 0.833 bits per heavy atom. The maximum Gasteiger partial charge on any atom is -0.00324 e. The molecule has 4 aromatic rings. The quantitative estimate of drug-likeness (QED) is 0.381. The van der Waals surface area contributed by atoms with Crippen molar-refractivity contribution in [2.75, 3.05) is 0 Å². The fourth-order valence-corrected chi connectivity index (χ4v) is 4.34. The minimum atomic E-state index is 1.32. The highest BCUT2D eigenvalue weighted by atomic mass is 14.3. The molecule has 0 nitrogen and oxygen atoms in total. The summed E-state index contributed by atoms with van der Waals surface area (Å²) in [4.78, 5) is 0. The lowest BCUT2D eigenvalue weighted by Gasteiger charge is -2.09. The Hall–Kier alpha value is -3.12. The van der Waals surface area contributed by atoms with E-state index in [1.165, 1.54) is 54.9 Å². The minimum absolute atomic E-state index is 1.32. The molecule has 0 fully saturated rings. The second-order valence-electron chi connectivity index (χ2n) is 6.62. The highest BCUT2D eigenvalue weighted by Crippen LogP contribution is 2.48. The number of rotatable bonds is 1. The Bertz CT molecular complexity index is 1130. The van der Waals surface area contributed by atoms with E-state index in [1.54, 1.807) is 0 Å². The predicted molar refractivity (Wildman–Crippen MR) is 104 cm³/mol. The molecule has 0 unspecified atom stereocenters. The molecule has 0 atom stereocenters. The van der Waals surface area contributed by atoms with Crippen molar-refractivity contribution in [1.29, 1.82) is 0 Å². The summed E-state index contributed by atoms with van der Waals surface area (Å²) in [6, 6.07) is 26.4. The van der Waals surface area contributed by atoms with Gasteiger partial charge in [0.05, 0.1) is 0 Å². The molecule has 0 spiro atoms. The summed E-state index contributed by atoms with van der Waals surface area (Å²) in [5, 5.41) is 5.43. The van der Waals surface area contributed by atoms with E-state index in [0.29, 0.717) is 0 Å². The van der Waals surface area contributed by atoms with Crippen molar-refractivity contribution < 1.29 is 0 Å². The molecule has 0 bridgehead atoms. The van der Waals surface area contributed by atoms with Gasteiger partial charge in [0.25, 0.3) is 0 Å². The summed E-state index contributed by atoms with van der Waals surface area (Å²) < 4.78 is 0. The van der Waals surface area contributed by atoms with E-state index < -0.39 is 0 Å². The van der Waals surface area contributed by atoms with E-state index in [9.17, 15) is 0 Å². The van der Waals surface area contributed by atoms with E-state index in [4.69, 9.17) is 0 Å². The Balaban J connectivity index is 1.66. The van der Waals surface area contributed by atoms with Gasteiger partial charge in [-0.1, -0.05) is 72.8 Å². The third kappa shape index (κ3) is 1.43. The van der Waals surface area contributed by atoms with Gasteiger partial charge in [0.2, 0.25) is 0 Å². The van der Waals surface area contributed by atoms with Crippen LogP contribution in [0.25, 0.3) is 44.8 Å². The van der Waals surface area contributed by atoms with Crippen LogP contribution in [0.3, 0.4) is 0 Å². The second-order valence-corrected chi connectivity index (χ2v) is 6.62. The summed E-state index contributed by atoms with van der Waals surface area (Å²) in [7, 11) is 0. The van der Waals surface area contributed by atoms with Crippen LogP contribution in [-0.2, 0) is 0 Å². The van der Waals surface area contributed by atoms with Gasteiger partial charge in [0.15, 0.2) is 0 Å². The van der Waals surface area contributed by atoms with Gasteiger partial charge in [0.1, 0.15) is 0 Å². The van der Waals surface area contributed by atoms with Crippen molar-refractivity contribution >= 4 is 44.8 Å². The molecular weight excluding hydrogens is 288 g/mol. The average molecular weight is 302 g/mol. The lowest BCUT2D eigenvalue weighted by molar-refractivity contribution is 1.69. The third-order valence-electron chi connectivity index (χ3n) is 5.34. The predicted octanol–water partition coefficient (Wildman–Crippen LogP) is 6.40. The molecule has 0 heteroatoms. The minimum Gasteiger partial charge on any atom is -0.0610 e. The summed E-state index contributed by atoms with van der Waals surface area (Å²) in [6.45, 7) is 0. The Kier molecular flexibility index (Phi) is 2.18. The topological polar surface area (TPSA) is 0 Å². The summed E-state index contributed by atoms with van der Waals surface area (Å²) >= 11 is 0. The van der Waals surface area contributed by atoms with Crippen LogP contribution >= 0.6 is 0 Å². The average Bonchev–Trinajstić information content (AvgIpc) is 3.18. The summed E-state index contributed by atoms with van der Waals surface area (Å²) in [5.41, 5.74) is 8.10. The van der Waals surface area contributed by atoms with Crippen molar-refractivity contribution in [3.8, 4) is 0 Å². The lowest BCUT2D eigenvalue weighted by Crippen LogP contribution is -1.86. The van der Waals surface area contributed by atoms with E-state index in [0.717, 1.165) is 0 Å². The monoisotopic (exact) mass is 302 g/mol. The zero-order valence-electron chi connectivity index (χ0n) is 13.1. The first-order chi connectivity index (χ1) is 11.9. The molecule has 6 rings (SSSR count). The van der Waals surface area contributed by atoms with Crippen LogP contribution in [0.2, 0.25) is 0 Å². The van der Waals surface area contributed by atoms with Crippen molar-refractivity contribution in [3.05, 3.63) is 95.1 Å². The van der Waals surface area contributed by atoms with Crippen LogP contribution in [-0.4, -0.2) is 0 Å². The van der Waals surface area contributed by atoms with Crippen LogP contribution in [0.1, 0.15) is 22.3 Å². The van der Waals surface area contributed by atoms with Gasteiger partial charge in [-0.15, -0.1) is 0 Å². The summed E-state index contributed by atoms with van der Waals surface area (Å²) in [6.07, 6.45) is 4.71. The van der Waals surface area contributed by atoms with Gasteiger partial charge >= 0.3 is 0 Å². The maximum absolute atomic E-state index is 2.36. The standard InChI is InChI=1S/C24H14/c1-5-15-7-3-11-19-21(13-17(9-1)23(15)19)22-14-18-10-2-6-16-8-4-12-20(22)24(16)18/h1-14H. The molecule has 0 heterocycles. The molecule has 0 N–H and O–H groups in total. The fourth-order valence-electron chi connectivity index (χ4n) is 4.34. The molecule has 110 valence electrons. The smallest absolute Gasteiger partial charge is 0.00324 e. The lowest BCUT2D eigenvalue weighted by atomic mass is 9.94.